The summed E-state index contributed by atoms with van der Waals surface area (Å²) in [7, 11) is 0. The first-order valence-electron chi connectivity index (χ1n) is 6.87. The Morgan fingerprint density at radius 2 is 2.26 bits per heavy atom. The molecule has 0 saturated heterocycles. The van der Waals surface area contributed by atoms with Crippen molar-refractivity contribution < 1.29 is 0 Å². The first kappa shape index (κ1) is 12.8. The predicted octanol–water partition coefficient (Wildman–Crippen LogP) is 2.31. The minimum Gasteiger partial charge on any atom is -0.315 e. The molecule has 3 rings (SSSR count). The third-order valence-corrected chi connectivity index (χ3v) is 4.76. The Labute approximate surface area is 117 Å². The van der Waals surface area contributed by atoms with Crippen molar-refractivity contribution in [2.75, 3.05) is 6.54 Å². The molecule has 1 aliphatic heterocycles. The normalized spacial score (nSPS) is 18.5. The average Bonchev–Trinajstić information content (AvgIpc) is 2.97. The zero-order valence-corrected chi connectivity index (χ0v) is 12.3. The predicted molar refractivity (Wildman–Crippen MR) is 77.3 cm³/mol. The molecule has 5 heteroatoms. The maximum atomic E-state index is 4.22. The lowest BCUT2D eigenvalue weighted by Gasteiger charge is -2.24. The Kier molecular flexibility index (Phi) is 3.66. The van der Waals surface area contributed by atoms with Crippen molar-refractivity contribution in [1.29, 1.82) is 0 Å². The second-order valence-corrected chi connectivity index (χ2v) is 6.69. The van der Waals surface area contributed by atoms with Gasteiger partial charge in [0.1, 0.15) is 11.6 Å². The van der Waals surface area contributed by atoms with Gasteiger partial charge < -0.3 is 9.88 Å². The van der Waals surface area contributed by atoms with Gasteiger partial charge in [-0.2, -0.15) is 0 Å². The van der Waals surface area contributed by atoms with Gasteiger partial charge in [0.2, 0.25) is 0 Å². The van der Waals surface area contributed by atoms with E-state index in [4.69, 9.17) is 0 Å². The van der Waals surface area contributed by atoms with Crippen LogP contribution in [0.2, 0.25) is 0 Å². The number of hydrogen-bond donors (Lipinski definition) is 1. The van der Waals surface area contributed by atoms with E-state index in [2.05, 4.69) is 39.1 Å². The Hall–Kier alpha value is -1.20. The molecule has 0 saturated carbocycles. The smallest absolute Gasteiger partial charge is 0.133 e. The number of fused-ring (bicyclic) bond motifs is 1. The zero-order valence-electron chi connectivity index (χ0n) is 11.5. The summed E-state index contributed by atoms with van der Waals surface area (Å²) in [5.74, 6) is 2.90. The molecule has 1 atom stereocenters. The Morgan fingerprint density at radius 1 is 1.37 bits per heavy atom. The van der Waals surface area contributed by atoms with Gasteiger partial charge in [-0.3, -0.25) is 0 Å². The molecule has 4 nitrogen and oxygen atoms in total. The largest absolute Gasteiger partial charge is 0.315 e. The number of aromatic nitrogens is 3. The first-order chi connectivity index (χ1) is 9.22. The summed E-state index contributed by atoms with van der Waals surface area (Å²) < 4.78 is 2.27. The van der Waals surface area contributed by atoms with Crippen LogP contribution in [-0.4, -0.2) is 21.3 Å². The van der Waals surface area contributed by atoms with E-state index in [-0.39, 0.29) is 0 Å². The molecule has 0 unspecified atom stereocenters. The van der Waals surface area contributed by atoms with Gasteiger partial charge in [-0.15, -0.1) is 21.5 Å². The number of rotatable bonds is 4. The fourth-order valence-corrected chi connectivity index (χ4v) is 3.54. The number of hydrogen-bond acceptors (Lipinski definition) is 4. The third-order valence-electron chi connectivity index (χ3n) is 3.76. The summed E-state index contributed by atoms with van der Waals surface area (Å²) in [6.45, 7) is 7.33. The van der Waals surface area contributed by atoms with E-state index in [1.54, 1.807) is 0 Å². The molecule has 0 aliphatic carbocycles. The highest BCUT2D eigenvalue weighted by molar-refractivity contribution is 7.11. The molecular weight excluding hydrogens is 256 g/mol. The van der Waals surface area contributed by atoms with Crippen LogP contribution in [0.25, 0.3) is 0 Å². The summed E-state index contributed by atoms with van der Waals surface area (Å²) in [6.07, 6.45) is 2.28. The van der Waals surface area contributed by atoms with Gasteiger partial charge in [0, 0.05) is 35.8 Å². The standard InChI is InChI=1S/C14H20N4S/c1-10-3-5-13(19-10)8-15-7-12-4-6-14-17-16-11(2)18(14)9-12/h3,5,12,15H,4,6-9H2,1-2H3/t12-/m1/s1. The summed E-state index contributed by atoms with van der Waals surface area (Å²) >= 11 is 1.88. The van der Waals surface area contributed by atoms with Crippen LogP contribution < -0.4 is 5.32 Å². The molecule has 2 aromatic heterocycles. The molecular formula is C14H20N4S. The number of aryl methyl sites for hydroxylation is 3. The maximum absolute atomic E-state index is 4.22. The van der Waals surface area contributed by atoms with Gasteiger partial charge in [-0.1, -0.05) is 0 Å². The maximum Gasteiger partial charge on any atom is 0.133 e. The third kappa shape index (κ3) is 2.87. The van der Waals surface area contributed by atoms with Crippen molar-refractivity contribution >= 4 is 11.3 Å². The van der Waals surface area contributed by atoms with Crippen LogP contribution in [0.15, 0.2) is 12.1 Å². The van der Waals surface area contributed by atoms with E-state index >= 15 is 0 Å². The average molecular weight is 276 g/mol. The van der Waals surface area contributed by atoms with Crippen molar-refractivity contribution in [1.82, 2.24) is 20.1 Å². The molecule has 0 spiro atoms. The van der Waals surface area contributed by atoms with Crippen molar-refractivity contribution in [2.24, 2.45) is 5.92 Å². The summed E-state index contributed by atoms with van der Waals surface area (Å²) in [5, 5.41) is 12.0. The van der Waals surface area contributed by atoms with Crippen molar-refractivity contribution in [2.45, 2.75) is 39.8 Å². The molecule has 102 valence electrons. The Bertz CT molecular complexity index is 558. The minimum absolute atomic E-state index is 0.697. The highest BCUT2D eigenvalue weighted by Gasteiger charge is 2.20. The lowest BCUT2D eigenvalue weighted by molar-refractivity contribution is 0.344. The van der Waals surface area contributed by atoms with Crippen LogP contribution >= 0.6 is 11.3 Å². The SMILES string of the molecule is Cc1ccc(CNC[C@H]2CCc3nnc(C)n3C2)s1. The molecule has 0 radical (unpaired) electrons. The van der Waals surface area contributed by atoms with Crippen LogP contribution in [0.5, 0.6) is 0 Å². The van der Waals surface area contributed by atoms with E-state index < -0.39 is 0 Å². The minimum atomic E-state index is 0.697. The van der Waals surface area contributed by atoms with Crippen molar-refractivity contribution in [3.05, 3.63) is 33.5 Å². The molecule has 0 aromatic carbocycles. The molecule has 0 fully saturated rings. The second-order valence-electron chi connectivity index (χ2n) is 5.32. The van der Waals surface area contributed by atoms with Crippen LogP contribution in [0.4, 0.5) is 0 Å². The molecule has 2 aromatic rings. The fraction of sp³-hybridized carbons (Fsp3) is 0.571. The molecule has 0 bridgehead atoms. The second kappa shape index (κ2) is 5.43. The Balaban J connectivity index is 1.51. The van der Waals surface area contributed by atoms with Crippen molar-refractivity contribution in [3.8, 4) is 0 Å². The quantitative estimate of drug-likeness (QED) is 0.932. The topological polar surface area (TPSA) is 42.7 Å². The van der Waals surface area contributed by atoms with Crippen LogP contribution in [0.1, 0.15) is 27.8 Å². The van der Waals surface area contributed by atoms with E-state index in [1.807, 2.05) is 18.3 Å². The zero-order chi connectivity index (χ0) is 13.2. The van der Waals surface area contributed by atoms with E-state index in [0.29, 0.717) is 5.92 Å². The monoisotopic (exact) mass is 276 g/mol. The van der Waals surface area contributed by atoms with Crippen LogP contribution in [0.3, 0.4) is 0 Å². The van der Waals surface area contributed by atoms with E-state index in [9.17, 15) is 0 Å². The number of thiophene rings is 1. The van der Waals surface area contributed by atoms with Gasteiger partial charge >= 0.3 is 0 Å². The van der Waals surface area contributed by atoms with Crippen LogP contribution in [-0.2, 0) is 19.5 Å². The van der Waals surface area contributed by atoms with Gasteiger partial charge in [0.25, 0.3) is 0 Å². The van der Waals surface area contributed by atoms with E-state index in [1.165, 1.54) is 16.2 Å². The van der Waals surface area contributed by atoms with Gasteiger partial charge in [-0.25, -0.2) is 0 Å². The summed E-state index contributed by atoms with van der Waals surface area (Å²) in [4.78, 5) is 2.81. The molecule has 19 heavy (non-hydrogen) atoms. The van der Waals surface area contributed by atoms with Crippen LogP contribution in [0, 0.1) is 19.8 Å². The fourth-order valence-electron chi connectivity index (χ4n) is 2.68. The number of nitrogens with one attached hydrogen (secondary N) is 1. The highest BCUT2D eigenvalue weighted by Crippen LogP contribution is 2.20. The molecule has 3 heterocycles. The molecule has 1 aliphatic rings. The van der Waals surface area contributed by atoms with Gasteiger partial charge in [-0.05, 0) is 38.3 Å². The first-order valence-corrected chi connectivity index (χ1v) is 7.69. The van der Waals surface area contributed by atoms with Gasteiger partial charge in [0.15, 0.2) is 0 Å². The Morgan fingerprint density at radius 3 is 3.05 bits per heavy atom. The van der Waals surface area contributed by atoms with Crippen molar-refractivity contribution in [3.63, 3.8) is 0 Å². The molecule has 0 amide bonds. The lowest BCUT2D eigenvalue weighted by Crippen LogP contribution is -2.30. The van der Waals surface area contributed by atoms with E-state index in [0.717, 1.165) is 37.7 Å². The highest BCUT2D eigenvalue weighted by atomic mass is 32.1. The summed E-state index contributed by atoms with van der Waals surface area (Å²) in [6, 6.07) is 4.41. The summed E-state index contributed by atoms with van der Waals surface area (Å²) in [5.41, 5.74) is 0. The molecule has 1 N–H and O–H groups in total. The van der Waals surface area contributed by atoms with Gasteiger partial charge in [0.05, 0.1) is 0 Å². The lowest BCUT2D eigenvalue weighted by atomic mass is 9.99. The number of nitrogens with zero attached hydrogens (tertiary/aromatic N) is 3.